The van der Waals surface area contributed by atoms with E-state index in [0.29, 0.717) is 5.56 Å². The zero-order valence-electron chi connectivity index (χ0n) is 7.79. The summed E-state index contributed by atoms with van der Waals surface area (Å²) in [6, 6.07) is 5.74. The lowest BCUT2D eigenvalue weighted by molar-refractivity contribution is -0.673. The van der Waals surface area contributed by atoms with Crippen LogP contribution in [0, 0.1) is 0 Å². The smallest absolute Gasteiger partial charge is 0.248 e. The Morgan fingerprint density at radius 3 is 2.86 bits per heavy atom. The molecule has 0 aromatic heterocycles. The number of hydrogen-bond acceptors (Lipinski definition) is 1. The largest absolute Gasteiger partial charge is 1.00 e. The van der Waals surface area contributed by atoms with Crippen molar-refractivity contribution in [2.45, 2.75) is 13.0 Å². The second kappa shape index (κ2) is 4.44. The van der Waals surface area contributed by atoms with Crippen molar-refractivity contribution in [3.63, 3.8) is 0 Å². The summed E-state index contributed by atoms with van der Waals surface area (Å²) in [6.07, 6.45) is 1.09. The minimum absolute atomic E-state index is 0. The number of primary amides is 1. The van der Waals surface area contributed by atoms with Crippen LogP contribution in [0.4, 0.5) is 0 Å². The molecular formula is C10H13ClN2O. The molecule has 3 nitrogen and oxygen atoms in total. The molecule has 0 atom stereocenters. The molecule has 1 aliphatic heterocycles. The maximum absolute atomic E-state index is 10.9. The fourth-order valence-corrected chi connectivity index (χ4v) is 1.73. The monoisotopic (exact) mass is 212 g/mol. The highest BCUT2D eigenvalue weighted by molar-refractivity contribution is 5.93. The molecule has 2 rings (SSSR count). The van der Waals surface area contributed by atoms with Crippen LogP contribution in [0.3, 0.4) is 0 Å². The Kier molecular flexibility index (Phi) is 3.49. The molecule has 76 valence electrons. The molecule has 0 saturated heterocycles. The molecule has 1 aromatic carbocycles. The maximum Gasteiger partial charge on any atom is 0.248 e. The Bertz CT molecular complexity index is 352. The van der Waals surface area contributed by atoms with Crippen molar-refractivity contribution >= 4 is 5.91 Å². The van der Waals surface area contributed by atoms with Crippen LogP contribution in [0.2, 0.25) is 0 Å². The zero-order valence-corrected chi connectivity index (χ0v) is 8.55. The van der Waals surface area contributed by atoms with E-state index >= 15 is 0 Å². The summed E-state index contributed by atoms with van der Waals surface area (Å²) in [4.78, 5) is 10.9. The van der Waals surface area contributed by atoms with Crippen molar-refractivity contribution in [2.75, 3.05) is 6.54 Å². The highest BCUT2D eigenvalue weighted by Crippen LogP contribution is 2.13. The van der Waals surface area contributed by atoms with Gasteiger partial charge in [-0.3, -0.25) is 4.79 Å². The van der Waals surface area contributed by atoms with Gasteiger partial charge < -0.3 is 23.5 Å². The van der Waals surface area contributed by atoms with Crippen LogP contribution in [0.1, 0.15) is 21.5 Å². The summed E-state index contributed by atoms with van der Waals surface area (Å²) in [6.45, 7) is 2.11. The quantitative estimate of drug-likeness (QED) is 0.497. The van der Waals surface area contributed by atoms with Crippen molar-refractivity contribution < 1.29 is 22.5 Å². The summed E-state index contributed by atoms with van der Waals surface area (Å²) in [5, 5.41) is 2.24. The van der Waals surface area contributed by atoms with Crippen LogP contribution in [0.5, 0.6) is 0 Å². The van der Waals surface area contributed by atoms with Crippen LogP contribution in [-0.4, -0.2) is 12.5 Å². The highest BCUT2D eigenvalue weighted by Gasteiger charge is 2.12. The van der Waals surface area contributed by atoms with Crippen molar-refractivity contribution in [3.8, 4) is 0 Å². The number of amides is 1. The van der Waals surface area contributed by atoms with Gasteiger partial charge in [0, 0.05) is 17.5 Å². The van der Waals surface area contributed by atoms with E-state index in [1.54, 1.807) is 0 Å². The Hall–Kier alpha value is -1.06. The standard InChI is InChI=1S/C10H12N2O.ClH/c11-10(13)8-2-1-7-3-4-12-6-9(7)5-8;/h1-2,5,12H,3-4,6H2,(H2,11,13);1H. The van der Waals surface area contributed by atoms with E-state index < -0.39 is 0 Å². The van der Waals surface area contributed by atoms with Gasteiger partial charge in [0.25, 0.3) is 0 Å². The van der Waals surface area contributed by atoms with Gasteiger partial charge in [0.1, 0.15) is 6.54 Å². The first-order valence-electron chi connectivity index (χ1n) is 4.50. The van der Waals surface area contributed by atoms with Gasteiger partial charge in [0.15, 0.2) is 0 Å². The van der Waals surface area contributed by atoms with Crippen molar-refractivity contribution in [2.24, 2.45) is 5.73 Å². The predicted octanol–water partition coefficient (Wildman–Crippen LogP) is -3.59. The number of hydrogen-bond donors (Lipinski definition) is 2. The molecule has 0 saturated carbocycles. The molecule has 14 heavy (non-hydrogen) atoms. The second-order valence-electron chi connectivity index (χ2n) is 3.38. The molecular weight excluding hydrogens is 200 g/mol. The van der Waals surface area contributed by atoms with E-state index in [0.717, 1.165) is 19.5 Å². The normalized spacial score (nSPS) is 14.0. The zero-order chi connectivity index (χ0) is 9.26. The number of nitrogens with two attached hydrogens (primary N) is 2. The van der Waals surface area contributed by atoms with Gasteiger partial charge in [0.2, 0.25) is 5.91 Å². The third-order valence-electron chi connectivity index (χ3n) is 2.47. The molecule has 4 N–H and O–H groups in total. The lowest BCUT2D eigenvalue weighted by Crippen LogP contribution is -3.00. The number of rotatable bonds is 1. The van der Waals surface area contributed by atoms with Crippen LogP contribution < -0.4 is 23.5 Å². The molecule has 0 spiro atoms. The Labute approximate surface area is 89.1 Å². The Morgan fingerprint density at radius 2 is 2.14 bits per heavy atom. The third kappa shape index (κ3) is 2.05. The van der Waals surface area contributed by atoms with E-state index in [-0.39, 0.29) is 18.3 Å². The summed E-state index contributed by atoms with van der Waals surface area (Å²) in [5.74, 6) is -0.339. The lowest BCUT2D eigenvalue weighted by atomic mass is 9.98. The first-order valence-corrected chi connectivity index (χ1v) is 4.50. The molecule has 0 unspecified atom stereocenters. The minimum Gasteiger partial charge on any atom is -1.00 e. The van der Waals surface area contributed by atoms with E-state index in [9.17, 15) is 4.79 Å². The van der Waals surface area contributed by atoms with E-state index in [4.69, 9.17) is 5.73 Å². The number of carbonyl (C=O) groups excluding carboxylic acids is 1. The predicted molar refractivity (Wildman–Crippen MR) is 49.2 cm³/mol. The maximum atomic E-state index is 10.9. The molecule has 1 aromatic rings. The fraction of sp³-hybridized carbons (Fsp3) is 0.300. The molecule has 1 amide bonds. The molecule has 1 heterocycles. The molecule has 1 aliphatic rings. The van der Waals surface area contributed by atoms with Crippen molar-refractivity contribution in [1.29, 1.82) is 0 Å². The number of fused-ring (bicyclic) bond motifs is 1. The van der Waals surface area contributed by atoms with Gasteiger partial charge >= 0.3 is 0 Å². The van der Waals surface area contributed by atoms with Gasteiger partial charge in [0.05, 0.1) is 6.54 Å². The molecule has 0 fully saturated rings. The van der Waals surface area contributed by atoms with Gasteiger partial charge in [-0.1, -0.05) is 6.07 Å². The van der Waals surface area contributed by atoms with Crippen LogP contribution in [-0.2, 0) is 13.0 Å². The van der Waals surface area contributed by atoms with E-state index in [1.165, 1.54) is 11.1 Å². The molecule has 4 heteroatoms. The number of halogens is 1. The Morgan fingerprint density at radius 1 is 1.36 bits per heavy atom. The van der Waals surface area contributed by atoms with Gasteiger partial charge in [-0.05, 0) is 17.7 Å². The molecule has 0 aliphatic carbocycles. The van der Waals surface area contributed by atoms with Gasteiger partial charge in [-0.15, -0.1) is 0 Å². The number of carbonyl (C=O) groups is 1. The first kappa shape index (κ1) is 11.0. The average molecular weight is 213 g/mol. The average Bonchev–Trinajstić information content (AvgIpc) is 2.17. The second-order valence-corrected chi connectivity index (χ2v) is 3.38. The van der Waals surface area contributed by atoms with Crippen molar-refractivity contribution in [3.05, 3.63) is 34.9 Å². The summed E-state index contributed by atoms with van der Waals surface area (Å²) in [5.41, 5.74) is 8.42. The van der Waals surface area contributed by atoms with E-state index in [1.807, 2.05) is 18.2 Å². The van der Waals surface area contributed by atoms with Crippen LogP contribution in [0.15, 0.2) is 18.2 Å². The Balaban J connectivity index is 0.000000980. The van der Waals surface area contributed by atoms with Crippen LogP contribution >= 0.6 is 0 Å². The van der Waals surface area contributed by atoms with Gasteiger partial charge in [-0.2, -0.15) is 0 Å². The SMILES string of the molecule is NC(=O)c1ccc2c(c1)C[NH2+]CC2.[Cl-]. The number of quaternary nitrogens is 1. The summed E-state index contributed by atoms with van der Waals surface area (Å²) in [7, 11) is 0. The first-order chi connectivity index (χ1) is 6.27. The molecule has 0 radical (unpaired) electrons. The lowest BCUT2D eigenvalue weighted by Gasteiger charge is -2.14. The topological polar surface area (TPSA) is 59.7 Å². The van der Waals surface area contributed by atoms with Crippen LogP contribution in [0.25, 0.3) is 0 Å². The number of benzene rings is 1. The molecule has 0 bridgehead atoms. The summed E-state index contributed by atoms with van der Waals surface area (Å²) >= 11 is 0. The fourth-order valence-electron chi connectivity index (χ4n) is 1.73. The minimum atomic E-state index is -0.339. The van der Waals surface area contributed by atoms with Gasteiger partial charge in [-0.25, -0.2) is 0 Å². The highest BCUT2D eigenvalue weighted by atomic mass is 35.5. The third-order valence-corrected chi connectivity index (χ3v) is 2.47. The van der Waals surface area contributed by atoms with Crippen molar-refractivity contribution in [1.82, 2.24) is 0 Å². The summed E-state index contributed by atoms with van der Waals surface area (Å²) < 4.78 is 0. The van der Waals surface area contributed by atoms with E-state index in [2.05, 4.69) is 5.32 Å².